The molecule has 0 spiro atoms. The number of benzene rings is 2. The van der Waals surface area contributed by atoms with Crippen LogP contribution in [-0.2, 0) is 16.1 Å². The first-order valence-electron chi connectivity index (χ1n) is 8.26. The molecule has 0 unspecified atom stereocenters. The second-order valence-electron chi connectivity index (χ2n) is 5.85. The van der Waals surface area contributed by atoms with Gasteiger partial charge < -0.3 is 15.0 Å². The van der Waals surface area contributed by atoms with E-state index in [2.05, 4.69) is 5.32 Å². The van der Waals surface area contributed by atoms with E-state index in [1.54, 1.807) is 14.0 Å². The van der Waals surface area contributed by atoms with E-state index in [1.807, 2.05) is 61.5 Å². The Morgan fingerprint density at radius 2 is 1.72 bits per heavy atom. The van der Waals surface area contributed by atoms with Crippen molar-refractivity contribution in [3.8, 4) is 5.75 Å². The average molecular weight is 340 g/mol. The molecule has 0 aliphatic heterocycles. The van der Waals surface area contributed by atoms with E-state index < -0.39 is 6.04 Å². The Bertz CT molecular complexity index is 716. The summed E-state index contributed by atoms with van der Waals surface area (Å²) in [5.74, 6) is 0.228. The lowest BCUT2D eigenvalue weighted by atomic mass is 10.1. The van der Waals surface area contributed by atoms with Gasteiger partial charge in [-0.2, -0.15) is 0 Å². The van der Waals surface area contributed by atoms with Crippen molar-refractivity contribution in [3.05, 3.63) is 65.7 Å². The van der Waals surface area contributed by atoms with Gasteiger partial charge in [-0.3, -0.25) is 9.59 Å². The second-order valence-corrected chi connectivity index (χ2v) is 5.85. The average Bonchev–Trinajstić information content (AvgIpc) is 2.64. The molecule has 0 aromatic heterocycles. The SMILES string of the molecule is CNC(=O)[C@@H](C)N(Cc1ccccc1)C(=O)COc1ccccc1C. The molecule has 2 aromatic carbocycles. The van der Waals surface area contributed by atoms with Gasteiger partial charge in [-0.1, -0.05) is 48.5 Å². The number of amides is 2. The zero-order valence-electron chi connectivity index (χ0n) is 14.9. The van der Waals surface area contributed by atoms with Crippen molar-refractivity contribution in [1.82, 2.24) is 10.2 Å². The molecular formula is C20H24N2O3. The van der Waals surface area contributed by atoms with Crippen LogP contribution >= 0.6 is 0 Å². The highest BCUT2D eigenvalue weighted by Gasteiger charge is 2.25. The molecule has 0 fully saturated rings. The standard InChI is InChI=1S/C20H24N2O3/c1-15-9-7-8-12-18(15)25-14-19(23)22(16(2)20(24)21-3)13-17-10-5-4-6-11-17/h4-12,16H,13-14H2,1-3H3,(H,21,24)/t16-/m1/s1. The molecule has 2 amide bonds. The lowest BCUT2D eigenvalue weighted by Gasteiger charge is -2.28. The minimum atomic E-state index is -0.585. The van der Waals surface area contributed by atoms with Gasteiger partial charge in [0.1, 0.15) is 11.8 Å². The van der Waals surface area contributed by atoms with E-state index in [0.29, 0.717) is 12.3 Å². The lowest BCUT2D eigenvalue weighted by Crippen LogP contribution is -2.48. The van der Waals surface area contributed by atoms with Crippen molar-refractivity contribution in [2.45, 2.75) is 26.4 Å². The van der Waals surface area contributed by atoms with Gasteiger partial charge in [0, 0.05) is 13.6 Å². The van der Waals surface area contributed by atoms with Crippen LogP contribution in [0.25, 0.3) is 0 Å². The summed E-state index contributed by atoms with van der Waals surface area (Å²) < 4.78 is 5.66. The molecule has 25 heavy (non-hydrogen) atoms. The van der Waals surface area contributed by atoms with Crippen LogP contribution in [0.5, 0.6) is 5.75 Å². The van der Waals surface area contributed by atoms with Gasteiger partial charge in [-0.05, 0) is 31.0 Å². The number of likely N-dealkylation sites (N-methyl/N-ethyl adjacent to an activating group) is 1. The van der Waals surface area contributed by atoms with Crippen LogP contribution in [0.1, 0.15) is 18.1 Å². The van der Waals surface area contributed by atoms with Crippen LogP contribution in [0.2, 0.25) is 0 Å². The lowest BCUT2D eigenvalue weighted by molar-refractivity contribution is -0.142. The minimum absolute atomic E-state index is 0.112. The third kappa shape index (κ3) is 5.08. The first kappa shape index (κ1) is 18.5. The monoisotopic (exact) mass is 340 g/mol. The molecule has 0 heterocycles. The molecule has 1 atom stereocenters. The summed E-state index contributed by atoms with van der Waals surface area (Å²) in [5.41, 5.74) is 1.92. The highest BCUT2D eigenvalue weighted by Crippen LogP contribution is 2.17. The summed E-state index contributed by atoms with van der Waals surface area (Å²) in [6.45, 7) is 3.88. The zero-order valence-corrected chi connectivity index (χ0v) is 14.9. The number of nitrogens with one attached hydrogen (secondary N) is 1. The smallest absolute Gasteiger partial charge is 0.261 e. The van der Waals surface area contributed by atoms with Gasteiger partial charge in [-0.25, -0.2) is 0 Å². The summed E-state index contributed by atoms with van der Waals surface area (Å²) in [5, 5.41) is 2.60. The Labute approximate surface area is 148 Å². The van der Waals surface area contributed by atoms with Gasteiger partial charge in [-0.15, -0.1) is 0 Å². The predicted octanol–water partition coefficient (Wildman–Crippen LogP) is 2.54. The molecule has 2 aromatic rings. The van der Waals surface area contributed by atoms with E-state index in [9.17, 15) is 9.59 Å². The fourth-order valence-corrected chi connectivity index (χ4v) is 2.51. The van der Waals surface area contributed by atoms with Crippen molar-refractivity contribution in [2.75, 3.05) is 13.7 Å². The molecule has 0 aliphatic rings. The number of ether oxygens (including phenoxy) is 1. The number of nitrogens with zero attached hydrogens (tertiary/aromatic N) is 1. The highest BCUT2D eigenvalue weighted by atomic mass is 16.5. The van der Waals surface area contributed by atoms with Crippen LogP contribution in [0.15, 0.2) is 54.6 Å². The van der Waals surface area contributed by atoms with Gasteiger partial charge in [0.2, 0.25) is 5.91 Å². The van der Waals surface area contributed by atoms with Crippen LogP contribution in [0.4, 0.5) is 0 Å². The molecule has 5 heteroatoms. The van der Waals surface area contributed by atoms with E-state index in [1.165, 1.54) is 4.90 Å². The molecule has 5 nitrogen and oxygen atoms in total. The molecule has 0 aliphatic carbocycles. The molecule has 0 bridgehead atoms. The number of para-hydroxylation sites is 1. The molecule has 0 radical (unpaired) electrons. The number of aryl methyl sites for hydroxylation is 1. The zero-order chi connectivity index (χ0) is 18.2. The van der Waals surface area contributed by atoms with E-state index in [-0.39, 0.29) is 18.4 Å². The van der Waals surface area contributed by atoms with Crippen molar-refractivity contribution < 1.29 is 14.3 Å². The summed E-state index contributed by atoms with van der Waals surface area (Å²) in [4.78, 5) is 26.3. The second kappa shape index (κ2) is 8.87. The fourth-order valence-electron chi connectivity index (χ4n) is 2.51. The topological polar surface area (TPSA) is 58.6 Å². The quantitative estimate of drug-likeness (QED) is 0.843. The molecule has 0 saturated carbocycles. The Morgan fingerprint density at radius 1 is 1.08 bits per heavy atom. The van der Waals surface area contributed by atoms with Gasteiger partial charge in [0.15, 0.2) is 6.61 Å². The summed E-state index contributed by atoms with van der Waals surface area (Å²) in [6, 6.07) is 16.5. The Hall–Kier alpha value is -2.82. The van der Waals surface area contributed by atoms with Crippen LogP contribution in [0.3, 0.4) is 0 Å². The number of carbonyl (C=O) groups excluding carboxylic acids is 2. The van der Waals surface area contributed by atoms with Crippen molar-refractivity contribution in [2.24, 2.45) is 0 Å². The largest absolute Gasteiger partial charge is 0.484 e. The van der Waals surface area contributed by atoms with Gasteiger partial charge in [0.25, 0.3) is 5.91 Å². The van der Waals surface area contributed by atoms with Crippen LogP contribution in [0, 0.1) is 6.92 Å². The van der Waals surface area contributed by atoms with E-state index >= 15 is 0 Å². The maximum absolute atomic E-state index is 12.7. The van der Waals surface area contributed by atoms with Gasteiger partial charge >= 0.3 is 0 Å². The van der Waals surface area contributed by atoms with Crippen LogP contribution < -0.4 is 10.1 Å². The number of rotatable bonds is 7. The van der Waals surface area contributed by atoms with E-state index in [4.69, 9.17) is 4.74 Å². The third-order valence-electron chi connectivity index (χ3n) is 4.05. The first-order valence-corrected chi connectivity index (χ1v) is 8.26. The normalized spacial score (nSPS) is 11.5. The summed E-state index contributed by atoms with van der Waals surface area (Å²) >= 11 is 0. The van der Waals surface area contributed by atoms with E-state index in [0.717, 1.165) is 11.1 Å². The first-order chi connectivity index (χ1) is 12.0. The fraction of sp³-hybridized carbons (Fsp3) is 0.300. The van der Waals surface area contributed by atoms with Crippen molar-refractivity contribution in [3.63, 3.8) is 0 Å². The molecule has 2 rings (SSSR count). The number of carbonyl (C=O) groups is 2. The minimum Gasteiger partial charge on any atom is -0.484 e. The maximum Gasteiger partial charge on any atom is 0.261 e. The predicted molar refractivity (Wildman–Crippen MR) is 97.2 cm³/mol. The van der Waals surface area contributed by atoms with Crippen molar-refractivity contribution in [1.29, 1.82) is 0 Å². The highest BCUT2D eigenvalue weighted by molar-refractivity contribution is 5.87. The number of hydrogen-bond acceptors (Lipinski definition) is 3. The Morgan fingerprint density at radius 3 is 2.36 bits per heavy atom. The molecular weight excluding hydrogens is 316 g/mol. The summed E-state index contributed by atoms with van der Waals surface area (Å²) in [6.07, 6.45) is 0. The third-order valence-corrected chi connectivity index (χ3v) is 4.05. The van der Waals surface area contributed by atoms with Crippen molar-refractivity contribution >= 4 is 11.8 Å². The Kier molecular flexibility index (Phi) is 6.57. The molecule has 1 N–H and O–H groups in total. The van der Waals surface area contributed by atoms with Gasteiger partial charge in [0.05, 0.1) is 0 Å². The Balaban J connectivity index is 2.11. The molecule has 132 valence electrons. The molecule has 0 saturated heterocycles. The summed E-state index contributed by atoms with van der Waals surface area (Å²) in [7, 11) is 1.56. The number of hydrogen-bond donors (Lipinski definition) is 1. The van der Waals surface area contributed by atoms with Crippen LogP contribution in [-0.4, -0.2) is 36.4 Å². The maximum atomic E-state index is 12.7.